The Labute approximate surface area is 192 Å². The van der Waals surface area contributed by atoms with Gasteiger partial charge in [0.1, 0.15) is 0 Å². The van der Waals surface area contributed by atoms with Gasteiger partial charge in [-0.25, -0.2) is 0 Å². The summed E-state index contributed by atoms with van der Waals surface area (Å²) in [5.74, 6) is 5.70. The molecule has 3 fully saturated rings. The lowest BCUT2D eigenvalue weighted by atomic mass is 9.47. The molecule has 30 heavy (non-hydrogen) atoms. The second-order valence-corrected chi connectivity index (χ2v) is 13.8. The van der Waals surface area contributed by atoms with Crippen molar-refractivity contribution in [2.75, 3.05) is 7.05 Å². The second kappa shape index (κ2) is 9.12. The molecule has 4 aliphatic carbocycles. The third-order valence-corrected chi connectivity index (χ3v) is 11.5. The Hall–Kier alpha value is 0.0500. The average molecular weight is 432 g/mol. The fourth-order valence-corrected chi connectivity index (χ4v) is 9.75. The lowest BCUT2D eigenvalue weighted by molar-refractivity contribution is -0.0497. The van der Waals surface area contributed by atoms with Gasteiger partial charge in [0.05, 0.1) is 0 Å². The number of hydrogen-bond acceptors (Lipinski definition) is 2. The highest BCUT2D eigenvalue weighted by Gasteiger charge is 2.59. The molecule has 0 aromatic carbocycles. The normalized spacial score (nSPS) is 44.2. The van der Waals surface area contributed by atoms with Crippen LogP contribution in [0.25, 0.3) is 0 Å². The summed E-state index contributed by atoms with van der Waals surface area (Å²) in [5, 5.41) is 0.794. The highest BCUT2D eigenvalue weighted by atomic mass is 32.2. The van der Waals surface area contributed by atoms with Gasteiger partial charge in [0, 0.05) is 5.25 Å². The molecule has 4 aliphatic rings. The first-order valence-corrected chi connectivity index (χ1v) is 14.2. The minimum absolute atomic E-state index is 0.510. The van der Waals surface area contributed by atoms with Gasteiger partial charge >= 0.3 is 0 Å². The highest BCUT2D eigenvalue weighted by molar-refractivity contribution is 7.98. The molecule has 172 valence electrons. The van der Waals surface area contributed by atoms with Crippen LogP contribution >= 0.6 is 11.9 Å². The SMILES string of the molecule is CNS[C@H]1CC[C@@]2(C)C(=CC[C@H]3[C@@H]4CC[C@H]([C@@H](C)CCCC(C)C)[C@@]4(C)CC[C@@H]32)C1. The number of hydrogen-bond donors (Lipinski definition) is 1. The van der Waals surface area contributed by atoms with Gasteiger partial charge in [-0.15, -0.1) is 0 Å². The maximum absolute atomic E-state index is 3.36. The molecule has 0 amide bonds. The highest BCUT2D eigenvalue weighted by Crippen LogP contribution is 2.67. The predicted molar refractivity (Wildman–Crippen MR) is 133 cm³/mol. The second-order valence-electron chi connectivity index (χ2n) is 12.5. The van der Waals surface area contributed by atoms with Crippen molar-refractivity contribution in [3.63, 3.8) is 0 Å². The summed E-state index contributed by atoms with van der Waals surface area (Å²) in [7, 11) is 2.09. The van der Waals surface area contributed by atoms with E-state index in [0.717, 1.165) is 40.8 Å². The standard InChI is InChI=1S/C28H49NS/c1-19(2)8-7-9-20(3)24-12-13-25-23-11-10-21-18-22(30-29-6)14-16-27(21,4)26(23)15-17-28(24,25)5/h10,19-20,22-26,29H,7-9,11-18H2,1-6H3/t20-,22-,23-,24+,25-,26-,27-,28+/m0/s1. The van der Waals surface area contributed by atoms with E-state index in [9.17, 15) is 0 Å². The Morgan fingerprint density at radius 1 is 1.03 bits per heavy atom. The zero-order chi connectivity index (χ0) is 21.5. The maximum Gasteiger partial charge on any atom is 0.0230 e. The molecule has 0 heterocycles. The van der Waals surface area contributed by atoms with Crippen LogP contribution in [0.3, 0.4) is 0 Å². The monoisotopic (exact) mass is 431 g/mol. The minimum atomic E-state index is 0.510. The van der Waals surface area contributed by atoms with Gasteiger partial charge < -0.3 is 0 Å². The topological polar surface area (TPSA) is 12.0 Å². The Balaban J connectivity index is 1.47. The molecule has 0 radical (unpaired) electrons. The van der Waals surface area contributed by atoms with Gasteiger partial charge in [0.2, 0.25) is 0 Å². The molecule has 0 spiro atoms. The van der Waals surface area contributed by atoms with Crippen LogP contribution in [0.1, 0.15) is 105 Å². The first-order valence-electron chi connectivity index (χ1n) is 13.3. The van der Waals surface area contributed by atoms with Crippen LogP contribution in [-0.4, -0.2) is 12.3 Å². The maximum atomic E-state index is 3.36. The van der Waals surface area contributed by atoms with Crippen LogP contribution < -0.4 is 4.72 Å². The summed E-state index contributed by atoms with van der Waals surface area (Å²) in [6.45, 7) is 12.8. The zero-order valence-electron chi connectivity index (χ0n) is 20.8. The van der Waals surface area contributed by atoms with E-state index in [0.29, 0.717) is 10.8 Å². The Kier molecular flexibility index (Phi) is 7.06. The zero-order valence-corrected chi connectivity index (χ0v) is 21.6. The fraction of sp³-hybridized carbons (Fsp3) is 0.929. The fourth-order valence-electron chi connectivity index (χ4n) is 8.92. The van der Waals surface area contributed by atoms with Crippen LogP contribution in [0.15, 0.2) is 11.6 Å². The number of nitrogens with one attached hydrogen (secondary N) is 1. The van der Waals surface area contributed by atoms with Crippen LogP contribution in [0.2, 0.25) is 0 Å². The first-order chi connectivity index (χ1) is 14.3. The largest absolute Gasteiger partial charge is 0.267 e. The van der Waals surface area contributed by atoms with Crippen molar-refractivity contribution in [3.8, 4) is 0 Å². The summed E-state index contributed by atoms with van der Waals surface area (Å²) in [4.78, 5) is 0. The van der Waals surface area contributed by atoms with E-state index in [-0.39, 0.29) is 0 Å². The lowest BCUT2D eigenvalue weighted by Crippen LogP contribution is -2.50. The molecule has 0 aromatic rings. The first kappa shape index (κ1) is 23.2. The summed E-state index contributed by atoms with van der Waals surface area (Å²) >= 11 is 1.97. The molecule has 8 atom stereocenters. The van der Waals surface area contributed by atoms with Crippen molar-refractivity contribution >= 4 is 11.9 Å². The Morgan fingerprint density at radius 3 is 2.57 bits per heavy atom. The van der Waals surface area contributed by atoms with Crippen LogP contribution in [0.4, 0.5) is 0 Å². The molecule has 2 heteroatoms. The van der Waals surface area contributed by atoms with Crippen molar-refractivity contribution in [2.45, 2.75) is 110 Å². The lowest BCUT2D eigenvalue weighted by Gasteiger charge is -2.58. The Morgan fingerprint density at radius 2 is 1.83 bits per heavy atom. The van der Waals surface area contributed by atoms with E-state index in [4.69, 9.17) is 0 Å². The summed E-state index contributed by atoms with van der Waals surface area (Å²) in [6, 6.07) is 0. The smallest absolute Gasteiger partial charge is 0.0230 e. The number of rotatable bonds is 7. The van der Waals surface area contributed by atoms with E-state index in [1.807, 2.05) is 17.5 Å². The van der Waals surface area contributed by atoms with E-state index in [1.165, 1.54) is 70.6 Å². The number of fused-ring (bicyclic) bond motifs is 5. The van der Waals surface area contributed by atoms with Crippen molar-refractivity contribution < 1.29 is 0 Å². The molecule has 0 saturated heterocycles. The molecular formula is C28H49NS. The molecule has 1 nitrogen and oxygen atoms in total. The predicted octanol–water partition coefficient (Wildman–Crippen LogP) is 8.26. The Bertz CT molecular complexity index is 626. The molecule has 3 saturated carbocycles. The molecular weight excluding hydrogens is 382 g/mol. The van der Waals surface area contributed by atoms with Crippen LogP contribution in [0, 0.1) is 46.3 Å². The van der Waals surface area contributed by atoms with Gasteiger partial charge in [0.25, 0.3) is 0 Å². The minimum Gasteiger partial charge on any atom is -0.267 e. The van der Waals surface area contributed by atoms with Crippen LogP contribution in [0.5, 0.6) is 0 Å². The average Bonchev–Trinajstić information content (AvgIpc) is 3.05. The van der Waals surface area contributed by atoms with Crippen molar-refractivity contribution in [2.24, 2.45) is 46.3 Å². The third-order valence-electron chi connectivity index (χ3n) is 10.5. The molecule has 1 N–H and O–H groups in total. The van der Waals surface area contributed by atoms with Gasteiger partial charge in [-0.1, -0.05) is 77.5 Å². The van der Waals surface area contributed by atoms with Gasteiger partial charge in [-0.05, 0) is 105 Å². The van der Waals surface area contributed by atoms with Crippen molar-refractivity contribution in [1.29, 1.82) is 0 Å². The van der Waals surface area contributed by atoms with E-state index in [2.05, 4.69) is 52.5 Å². The summed E-state index contributed by atoms with van der Waals surface area (Å²) in [6.07, 6.45) is 18.7. The van der Waals surface area contributed by atoms with Crippen LogP contribution in [-0.2, 0) is 0 Å². The number of allylic oxidation sites excluding steroid dienone is 2. The molecule has 0 aliphatic heterocycles. The van der Waals surface area contributed by atoms with Gasteiger partial charge in [0.15, 0.2) is 0 Å². The third kappa shape index (κ3) is 4.07. The van der Waals surface area contributed by atoms with Gasteiger partial charge in [-0.2, -0.15) is 0 Å². The van der Waals surface area contributed by atoms with E-state index >= 15 is 0 Å². The quantitative estimate of drug-likeness (QED) is 0.321. The molecule has 0 aromatic heterocycles. The molecule has 0 bridgehead atoms. The summed E-state index contributed by atoms with van der Waals surface area (Å²) < 4.78 is 3.36. The summed E-state index contributed by atoms with van der Waals surface area (Å²) in [5.41, 5.74) is 2.97. The molecule has 0 unspecified atom stereocenters. The van der Waals surface area contributed by atoms with E-state index in [1.54, 1.807) is 0 Å². The van der Waals surface area contributed by atoms with Gasteiger partial charge in [-0.3, -0.25) is 4.72 Å². The van der Waals surface area contributed by atoms with Crippen molar-refractivity contribution in [1.82, 2.24) is 4.72 Å². The van der Waals surface area contributed by atoms with E-state index < -0.39 is 0 Å². The van der Waals surface area contributed by atoms with Crippen molar-refractivity contribution in [3.05, 3.63) is 11.6 Å². The molecule has 4 rings (SSSR count).